The van der Waals surface area contributed by atoms with Gasteiger partial charge >= 0.3 is 35.5 Å². The van der Waals surface area contributed by atoms with Crippen molar-refractivity contribution in [2.45, 2.75) is 3.79 Å². The van der Waals surface area contributed by atoms with Crippen molar-refractivity contribution in [3.63, 3.8) is 0 Å². The average Bonchev–Trinajstić information content (AvgIpc) is 1.31. The van der Waals surface area contributed by atoms with Gasteiger partial charge in [0.25, 0.3) is 3.79 Å². The molecule has 0 spiro atoms. The molecule has 0 amide bonds. The van der Waals surface area contributed by atoms with Gasteiger partial charge in [-0.2, -0.15) is 0 Å². The summed E-state index contributed by atoms with van der Waals surface area (Å²) in [5, 5.41) is 7.85. The van der Waals surface area contributed by atoms with E-state index in [1.165, 1.54) is 0 Å². The molecule has 0 aromatic heterocycles. The van der Waals surface area contributed by atoms with Crippen LogP contribution in [0.1, 0.15) is 0 Å². The van der Waals surface area contributed by atoms with Crippen LogP contribution in [-0.2, 0) is 4.79 Å². The summed E-state index contributed by atoms with van der Waals surface area (Å²) in [7, 11) is 0. The molecule has 0 aliphatic rings. The van der Waals surface area contributed by atoms with Crippen molar-refractivity contribution in [2.75, 3.05) is 0 Å². The second-order valence-electron chi connectivity index (χ2n) is 0.803. The summed E-state index contributed by atoms with van der Waals surface area (Å²) < 4.78 is -2.17. The van der Waals surface area contributed by atoms with Gasteiger partial charge in [-0.3, -0.25) is 0 Å². The third kappa shape index (κ3) is 9.30. The minimum atomic E-state index is -2.17. The number of hydrogen-bond donors (Lipinski definition) is 1. The average molecular weight is 203 g/mol. The van der Waals surface area contributed by atoms with E-state index in [-0.39, 0.29) is 35.0 Å². The summed E-state index contributed by atoms with van der Waals surface area (Å²) in [5.41, 5.74) is 0. The van der Waals surface area contributed by atoms with Crippen molar-refractivity contribution in [2.24, 2.45) is 0 Å². The first-order valence-corrected chi connectivity index (χ1v) is 2.38. The van der Waals surface area contributed by atoms with E-state index in [0.29, 0.717) is 0 Å². The van der Waals surface area contributed by atoms with E-state index >= 15 is 0 Å². The predicted octanol–water partition coefficient (Wildman–Crippen LogP) is -1.73. The van der Waals surface area contributed by atoms with Gasteiger partial charge in [-0.05, 0) is 0 Å². The van der Waals surface area contributed by atoms with E-state index in [1.54, 1.807) is 0 Å². The molecule has 0 fully saturated rings. The van der Waals surface area contributed by atoms with Gasteiger partial charge in [-0.1, -0.05) is 34.8 Å². The first kappa shape index (κ1) is 16.7. The van der Waals surface area contributed by atoms with E-state index in [1.807, 2.05) is 0 Å². The Kier molecular flexibility index (Phi) is 11.2. The van der Waals surface area contributed by atoms with Gasteiger partial charge < -0.3 is 10.6 Å². The molecule has 0 bridgehead atoms. The second-order valence-corrected chi connectivity index (χ2v) is 3.08. The molecule has 7 heteroatoms. The van der Waals surface area contributed by atoms with Crippen molar-refractivity contribution >= 4 is 40.8 Å². The van der Waals surface area contributed by atoms with Crippen LogP contribution in [0, 0.1) is 0 Å². The van der Waals surface area contributed by atoms with Crippen LogP contribution < -0.4 is 29.6 Å². The number of alkyl halides is 3. The number of halogens is 3. The van der Waals surface area contributed by atoms with Crippen molar-refractivity contribution in [3.05, 3.63) is 0 Å². The topological polar surface area (TPSA) is 67.3 Å². The van der Waals surface area contributed by atoms with Crippen LogP contribution in [0.4, 0.5) is 0 Å². The number of hydrogen-bond acceptors (Lipinski definition) is 2. The van der Waals surface area contributed by atoms with Gasteiger partial charge in [0.1, 0.15) is 0 Å². The summed E-state index contributed by atoms with van der Waals surface area (Å²) in [5.74, 6) is -1.46. The van der Waals surface area contributed by atoms with Crippen LogP contribution in [0.15, 0.2) is 0 Å². The maximum Gasteiger partial charge on any atom is 1.00 e. The Bertz CT molecular complexity index is 89.5. The summed E-state index contributed by atoms with van der Waals surface area (Å²) in [6, 6.07) is 0. The molecule has 50 valence electrons. The molecule has 0 atom stereocenters. The Morgan fingerprint density at radius 1 is 1.33 bits per heavy atom. The molecule has 2 N–H and O–H groups in total. The monoisotopic (exact) mass is 202 g/mol. The molecular weight excluding hydrogens is 201 g/mol. The maximum absolute atomic E-state index is 9.62. The Hall–Kier alpha value is 1.30. The van der Waals surface area contributed by atoms with Crippen molar-refractivity contribution in [1.29, 1.82) is 0 Å². The zero-order valence-corrected chi connectivity index (χ0v) is 8.70. The molecule has 0 aromatic rings. The SMILES string of the molecule is O=C(O)C(Cl)(Cl)Cl.[Na+].[OH-]. The minimum absolute atomic E-state index is 0. The van der Waals surface area contributed by atoms with Crippen LogP contribution >= 0.6 is 34.8 Å². The van der Waals surface area contributed by atoms with Crippen LogP contribution in [0.2, 0.25) is 0 Å². The standard InChI is InChI=1S/C2HCl3O2.Na.H2O/c3-2(4,5)1(6)7;;/h(H,6,7);;1H2/q;+1;/p-1. The normalized spacial score (nSPS) is 8.78. The first-order chi connectivity index (χ1) is 2.94. The molecule has 3 nitrogen and oxygen atoms in total. The summed E-state index contributed by atoms with van der Waals surface area (Å²) in [4.78, 5) is 9.62. The molecule has 0 heterocycles. The van der Waals surface area contributed by atoms with Gasteiger partial charge in [0.05, 0.1) is 0 Å². The number of carbonyl (C=O) groups is 1. The molecule has 0 saturated carbocycles. The number of rotatable bonds is 0. The van der Waals surface area contributed by atoms with Gasteiger partial charge in [0.15, 0.2) is 0 Å². The summed E-state index contributed by atoms with van der Waals surface area (Å²) >= 11 is 14.4. The van der Waals surface area contributed by atoms with Crippen LogP contribution in [0.5, 0.6) is 0 Å². The Labute approximate surface area is 88.9 Å². The van der Waals surface area contributed by atoms with Crippen LogP contribution in [0.25, 0.3) is 0 Å². The van der Waals surface area contributed by atoms with E-state index in [2.05, 4.69) is 0 Å². The zero-order valence-electron chi connectivity index (χ0n) is 4.44. The molecule has 0 radical (unpaired) electrons. The third-order valence-corrected chi connectivity index (χ3v) is 0.728. The fourth-order valence-corrected chi connectivity index (χ4v) is 0. The quantitative estimate of drug-likeness (QED) is 0.376. The maximum atomic E-state index is 9.62. The molecule has 0 aromatic carbocycles. The summed E-state index contributed by atoms with van der Waals surface area (Å²) in [6.45, 7) is 0. The summed E-state index contributed by atoms with van der Waals surface area (Å²) in [6.07, 6.45) is 0. The zero-order chi connectivity index (χ0) is 6.08. The number of carboxylic acids is 1. The predicted molar refractivity (Wildman–Crippen MR) is 29.9 cm³/mol. The van der Waals surface area contributed by atoms with Crippen LogP contribution in [0.3, 0.4) is 0 Å². The molecule has 0 saturated heterocycles. The van der Waals surface area contributed by atoms with Gasteiger partial charge in [-0.15, -0.1) is 0 Å². The fraction of sp³-hybridized carbons (Fsp3) is 0.500. The van der Waals surface area contributed by atoms with E-state index < -0.39 is 9.76 Å². The fourth-order valence-electron chi connectivity index (χ4n) is 0. The van der Waals surface area contributed by atoms with Gasteiger partial charge in [-0.25, -0.2) is 4.79 Å². The van der Waals surface area contributed by atoms with Crippen molar-refractivity contribution in [3.8, 4) is 0 Å². The Balaban J connectivity index is -0.000000180. The molecule has 0 rings (SSSR count). The Morgan fingerprint density at radius 3 is 1.44 bits per heavy atom. The van der Waals surface area contributed by atoms with Crippen molar-refractivity contribution < 1.29 is 44.9 Å². The number of aliphatic carboxylic acids is 1. The smallest absolute Gasteiger partial charge is 0.870 e. The van der Waals surface area contributed by atoms with Crippen LogP contribution in [-0.4, -0.2) is 20.3 Å². The third-order valence-electron chi connectivity index (χ3n) is 0.243. The van der Waals surface area contributed by atoms with E-state index in [4.69, 9.17) is 39.9 Å². The van der Waals surface area contributed by atoms with E-state index in [0.717, 1.165) is 0 Å². The van der Waals surface area contributed by atoms with Crippen molar-refractivity contribution in [1.82, 2.24) is 0 Å². The second kappa shape index (κ2) is 6.04. The van der Waals surface area contributed by atoms with Gasteiger partial charge in [0, 0.05) is 0 Å². The number of carboxylic acid groups (broad SMARTS) is 1. The van der Waals surface area contributed by atoms with E-state index in [9.17, 15) is 4.79 Å². The molecule has 0 aliphatic heterocycles. The molecular formula is C2H2Cl3NaO3. The molecule has 9 heavy (non-hydrogen) atoms. The molecule has 0 unspecified atom stereocenters. The first-order valence-electron chi connectivity index (χ1n) is 1.24. The molecule has 0 aliphatic carbocycles. The minimum Gasteiger partial charge on any atom is -0.870 e. The van der Waals surface area contributed by atoms with Gasteiger partial charge in [0.2, 0.25) is 0 Å². The largest absolute Gasteiger partial charge is 1.00 e. The Morgan fingerprint density at radius 2 is 1.44 bits per heavy atom.